The molecule has 0 fully saturated rings. The Kier molecular flexibility index (Phi) is 7.31. The minimum atomic E-state index is -0.499. The molecule has 1 aromatic heterocycles. The van der Waals surface area contributed by atoms with E-state index >= 15 is 0 Å². The molecule has 1 heterocycles. The second-order valence-corrected chi connectivity index (χ2v) is 6.73. The number of nitrogens with one attached hydrogen (secondary N) is 1. The molecular weight excluding hydrogens is 364 g/mol. The fraction of sp³-hybridized carbons (Fsp3) is 0.250. The van der Waals surface area contributed by atoms with Gasteiger partial charge in [0.1, 0.15) is 11.5 Å². The van der Waals surface area contributed by atoms with Gasteiger partial charge < -0.3 is 15.0 Å². The highest BCUT2D eigenvalue weighted by Crippen LogP contribution is 2.35. The molecule has 7 heteroatoms. The van der Waals surface area contributed by atoms with Gasteiger partial charge in [-0.25, -0.2) is 4.79 Å². The van der Waals surface area contributed by atoms with Crippen LogP contribution in [0.1, 0.15) is 24.2 Å². The fourth-order valence-electron chi connectivity index (χ4n) is 2.39. The number of nitrogens with zero attached hydrogens (tertiary/aromatic N) is 1. The van der Waals surface area contributed by atoms with E-state index in [9.17, 15) is 14.4 Å². The summed E-state index contributed by atoms with van der Waals surface area (Å²) in [6.45, 7) is 7.08. The second kappa shape index (κ2) is 9.68. The van der Waals surface area contributed by atoms with Crippen LogP contribution < -0.4 is 5.32 Å². The van der Waals surface area contributed by atoms with Crippen LogP contribution in [0.25, 0.3) is 10.4 Å². The lowest BCUT2D eigenvalue weighted by molar-refractivity contribution is -0.132. The van der Waals surface area contributed by atoms with Crippen molar-refractivity contribution in [1.82, 2.24) is 4.90 Å². The zero-order valence-corrected chi connectivity index (χ0v) is 16.2. The van der Waals surface area contributed by atoms with Crippen LogP contribution in [-0.2, 0) is 14.3 Å². The van der Waals surface area contributed by atoms with Crippen LogP contribution in [-0.4, -0.2) is 42.4 Å². The topological polar surface area (TPSA) is 75.7 Å². The van der Waals surface area contributed by atoms with E-state index in [1.54, 1.807) is 19.1 Å². The Morgan fingerprint density at radius 2 is 1.96 bits per heavy atom. The van der Waals surface area contributed by atoms with Crippen molar-refractivity contribution in [2.24, 2.45) is 0 Å². The normalized spacial score (nSPS) is 10.1. The molecule has 0 aliphatic heterocycles. The van der Waals surface area contributed by atoms with Crippen molar-refractivity contribution in [2.45, 2.75) is 13.8 Å². The lowest BCUT2D eigenvalue weighted by Crippen LogP contribution is -2.36. The number of esters is 1. The molecule has 0 spiro atoms. The maximum Gasteiger partial charge on any atom is 0.341 e. The highest BCUT2D eigenvalue weighted by molar-refractivity contribution is 7.20. The number of carbonyl (C=O) groups excluding carboxylic acids is 3. The van der Waals surface area contributed by atoms with Crippen molar-refractivity contribution >= 4 is 34.1 Å². The summed E-state index contributed by atoms with van der Waals surface area (Å²) in [5.74, 6) is -1.12. The molecule has 27 heavy (non-hydrogen) atoms. The van der Waals surface area contributed by atoms with Gasteiger partial charge in [-0.05, 0) is 18.6 Å². The van der Waals surface area contributed by atoms with E-state index in [1.165, 1.54) is 23.2 Å². The molecule has 0 aliphatic rings. The summed E-state index contributed by atoms with van der Waals surface area (Å²) in [7, 11) is 0. The molecule has 1 aromatic carbocycles. The van der Waals surface area contributed by atoms with Gasteiger partial charge in [-0.3, -0.25) is 9.59 Å². The number of anilines is 1. The third-order valence-electron chi connectivity index (χ3n) is 3.67. The van der Waals surface area contributed by atoms with E-state index in [0.717, 1.165) is 10.4 Å². The zero-order valence-electron chi connectivity index (χ0n) is 15.4. The molecule has 0 unspecified atom stereocenters. The average molecular weight is 386 g/mol. The molecule has 2 rings (SSSR count). The Labute approximate surface area is 162 Å². The van der Waals surface area contributed by atoms with Crippen molar-refractivity contribution in [3.05, 3.63) is 54.6 Å². The number of ether oxygens (including phenoxy) is 1. The first-order chi connectivity index (χ1) is 13.0. The number of hydrogen-bond acceptors (Lipinski definition) is 5. The summed E-state index contributed by atoms with van der Waals surface area (Å²) < 4.78 is 5.10. The van der Waals surface area contributed by atoms with Gasteiger partial charge in [-0.15, -0.1) is 17.9 Å². The van der Waals surface area contributed by atoms with Gasteiger partial charge in [-0.1, -0.05) is 36.4 Å². The van der Waals surface area contributed by atoms with Gasteiger partial charge in [0.2, 0.25) is 11.8 Å². The SMILES string of the molecule is C=CCN(CC(=O)Nc1sc(-c2ccccc2)cc1C(=O)OCC)C(C)=O. The molecule has 0 radical (unpaired) electrons. The number of hydrogen-bond donors (Lipinski definition) is 1. The highest BCUT2D eigenvalue weighted by Gasteiger charge is 2.21. The van der Waals surface area contributed by atoms with Gasteiger partial charge in [0, 0.05) is 18.3 Å². The summed E-state index contributed by atoms with van der Waals surface area (Å²) in [6, 6.07) is 11.3. The molecule has 2 amide bonds. The van der Waals surface area contributed by atoms with Crippen LogP contribution in [0.3, 0.4) is 0 Å². The number of rotatable bonds is 8. The van der Waals surface area contributed by atoms with Crippen LogP contribution >= 0.6 is 11.3 Å². The Bertz CT molecular complexity index is 830. The first-order valence-corrected chi connectivity index (χ1v) is 9.30. The molecule has 142 valence electrons. The predicted octanol–water partition coefficient (Wildman–Crippen LogP) is 3.56. The quantitative estimate of drug-likeness (QED) is 0.556. The Balaban J connectivity index is 2.26. The highest BCUT2D eigenvalue weighted by atomic mass is 32.1. The first-order valence-electron chi connectivity index (χ1n) is 8.48. The monoisotopic (exact) mass is 386 g/mol. The molecule has 0 saturated carbocycles. The van der Waals surface area contributed by atoms with Gasteiger partial charge >= 0.3 is 5.97 Å². The van der Waals surface area contributed by atoms with Crippen molar-refractivity contribution in [1.29, 1.82) is 0 Å². The molecule has 6 nitrogen and oxygen atoms in total. The third kappa shape index (κ3) is 5.52. The number of benzene rings is 1. The second-order valence-electron chi connectivity index (χ2n) is 5.68. The van der Waals surface area contributed by atoms with Crippen LogP contribution in [0.2, 0.25) is 0 Å². The van der Waals surface area contributed by atoms with Crippen molar-refractivity contribution in [2.75, 3.05) is 25.0 Å². The standard InChI is InChI=1S/C20H22N2O4S/c1-4-11-22(14(3)23)13-18(24)21-19-16(20(25)26-5-2)12-17(27-19)15-9-7-6-8-10-15/h4,6-10,12H,1,5,11,13H2,2-3H3,(H,21,24). The molecule has 0 aliphatic carbocycles. The molecule has 1 N–H and O–H groups in total. The summed E-state index contributed by atoms with van der Waals surface area (Å²) in [5.41, 5.74) is 1.23. The van der Waals surface area contributed by atoms with Crippen LogP contribution in [0.5, 0.6) is 0 Å². The average Bonchev–Trinajstić information content (AvgIpc) is 3.06. The molecule has 2 aromatic rings. The minimum absolute atomic E-state index is 0.123. The molecule has 0 bridgehead atoms. The van der Waals surface area contributed by atoms with E-state index in [-0.39, 0.29) is 31.5 Å². The number of carbonyl (C=O) groups is 3. The number of thiophene rings is 1. The largest absolute Gasteiger partial charge is 0.462 e. The van der Waals surface area contributed by atoms with E-state index in [0.29, 0.717) is 10.6 Å². The maximum absolute atomic E-state index is 12.4. The van der Waals surface area contributed by atoms with Gasteiger partial charge in [0.15, 0.2) is 0 Å². The summed E-state index contributed by atoms with van der Waals surface area (Å²) >= 11 is 1.29. The Hall–Kier alpha value is -2.93. The van der Waals surface area contributed by atoms with Crippen LogP contribution in [0.15, 0.2) is 49.1 Å². The third-order valence-corrected chi connectivity index (χ3v) is 4.77. The maximum atomic E-state index is 12.4. The summed E-state index contributed by atoms with van der Waals surface area (Å²) in [4.78, 5) is 38.5. The van der Waals surface area contributed by atoms with Crippen molar-refractivity contribution in [3.63, 3.8) is 0 Å². The van der Waals surface area contributed by atoms with Crippen LogP contribution in [0, 0.1) is 0 Å². The van der Waals surface area contributed by atoms with Gasteiger partial charge in [0.25, 0.3) is 0 Å². The molecule has 0 saturated heterocycles. The Morgan fingerprint density at radius 1 is 1.26 bits per heavy atom. The lowest BCUT2D eigenvalue weighted by Gasteiger charge is -2.18. The molecule has 0 atom stereocenters. The van der Waals surface area contributed by atoms with E-state index in [2.05, 4.69) is 11.9 Å². The fourth-order valence-corrected chi connectivity index (χ4v) is 3.46. The molecular formula is C20H22N2O4S. The lowest BCUT2D eigenvalue weighted by atomic mass is 10.1. The van der Waals surface area contributed by atoms with Crippen LogP contribution in [0.4, 0.5) is 5.00 Å². The van der Waals surface area contributed by atoms with Gasteiger partial charge in [-0.2, -0.15) is 0 Å². The van der Waals surface area contributed by atoms with E-state index in [4.69, 9.17) is 4.74 Å². The smallest absolute Gasteiger partial charge is 0.341 e. The zero-order chi connectivity index (χ0) is 19.8. The van der Waals surface area contributed by atoms with Crippen molar-refractivity contribution in [3.8, 4) is 10.4 Å². The first kappa shape index (κ1) is 20.4. The minimum Gasteiger partial charge on any atom is -0.462 e. The van der Waals surface area contributed by atoms with Gasteiger partial charge in [0.05, 0.1) is 12.2 Å². The van der Waals surface area contributed by atoms with E-state index < -0.39 is 5.97 Å². The predicted molar refractivity (Wildman–Crippen MR) is 107 cm³/mol. The number of amides is 2. The summed E-state index contributed by atoms with van der Waals surface area (Å²) in [6.07, 6.45) is 1.55. The summed E-state index contributed by atoms with van der Waals surface area (Å²) in [5, 5.41) is 3.14. The Morgan fingerprint density at radius 3 is 2.56 bits per heavy atom. The van der Waals surface area contributed by atoms with Crippen molar-refractivity contribution < 1.29 is 19.1 Å². The van der Waals surface area contributed by atoms with E-state index in [1.807, 2.05) is 30.3 Å².